The second kappa shape index (κ2) is 13.4. The summed E-state index contributed by atoms with van der Waals surface area (Å²) in [5, 5.41) is 7.32. The zero-order chi connectivity index (χ0) is 35.8. The van der Waals surface area contributed by atoms with Crippen LogP contribution in [-0.4, -0.2) is 9.97 Å². The van der Waals surface area contributed by atoms with Gasteiger partial charge in [0.1, 0.15) is 0 Å². The highest BCUT2D eigenvalue weighted by atomic mass is 14.9. The molecule has 54 heavy (non-hydrogen) atoms. The summed E-state index contributed by atoms with van der Waals surface area (Å²) in [7, 11) is 0. The maximum Gasteiger partial charge on any atom is 0.160 e. The minimum Gasteiger partial charge on any atom is -0.228 e. The van der Waals surface area contributed by atoms with Gasteiger partial charge in [-0.05, 0) is 83.9 Å². The van der Waals surface area contributed by atoms with Crippen molar-refractivity contribution < 1.29 is 0 Å². The number of rotatable bonds is 6. The lowest BCUT2D eigenvalue weighted by Gasteiger charge is -2.20. The van der Waals surface area contributed by atoms with Crippen molar-refractivity contribution in [3.05, 3.63) is 206 Å². The van der Waals surface area contributed by atoms with E-state index in [-0.39, 0.29) is 0 Å². The molecule has 0 atom stereocenters. The summed E-state index contributed by atoms with van der Waals surface area (Å²) in [4.78, 5) is 10.3. The Morgan fingerprint density at radius 2 is 0.722 bits per heavy atom. The molecule has 2 nitrogen and oxygen atoms in total. The van der Waals surface area contributed by atoms with E-state index >= 15 is 0 Å². The molecule has 10 rings (SSSR count). The summed E-state index contributed by atoms with van der Waals surface area (Å²) in [6, 6.07) is 73.6. The molecule has 2 heteroatoms. The summed E-state index contributed by atoms with van der Waals surface area (Å²) in [5.74, 6) is 0.708. The van der Waals surface area contributed by atoms with Crippen LogP contribution >= 0.6 is 0 Å². The van der Waals surface area contributed by atoms with Crippen molar-refractivity contribution in [2.75, 3.05) is 0 Å². The zero-order valence-corrected chi connectivity index (χ0v) is 29.5. The summed E-state index contributed by atoms with van der Waals surface area (Å²) >= 11 is 0. The molecule has 0 bridgehead atoms. The molecule has 0 aliphatic rings. The van der Waals surface area contributed by atoms with Crippen LogP contribution in [-0.2, 0) is 0 Å². The van der Waals surface area contributed by atoms with Gasteiger partial charge in [-0.2, -0.15) is 0 Å². The highest BCUT2D eigenvalue weighted by molar-refractivity contribution is 6.22. The lowest BCUT2D eigenvalue weighted by atomic mass is 9.84. The lowest BCUT2D eigenvalue weighted by molar-refractivity contribution is 1.18. The predicted molar refractivity (Wildman–Crippen MR) is 227 cm³/mol. The Bertz CT molecular complexity index is 2890. The Morgan fingerprint density at radius 3 is 1.33 bits per heavy atom. The molecule has 0 aliphatic heterocycles. The average molecular weight is 687 g/mol. The molecule has 0 amide bonds. The van der Waals surface area contributed by atoms with Gasteiger partial charge in [0.05, 0.1) is 11.4 Å². The predicted octanol–water partition coefficient (Wildman–Crippen LogP) is 13.9. The van der Waals surface area contributed by atoms with Gasteiger partial charge in [-0.15, -0.1) is 0 Å². The van der Waals surface area contributed by atoms with Gasteiger partial charge in [-0.3, -0.25) is 0 Å². The summed E-state index contributed by atoms with van der Waals surface area (Å²) in [6.07, 6.45) is 0. The van der Waals surface area contributed by atoms with Crippen LogP contribution in [0, 0.1) is 0 Å². The molecule has 0 N–H and O–H groups in total. The SMILES string of the molecule is c1ccc(-c2cc(-c3ccc4c(-c5ccccc5)c5cc(-c6cccc7ccccc67)ccc5c(-c5ccccc5)c4c3)nc(-c3ccccc3)n2)cc1. The van der Waals surface area contributed by atoms with Crippen molar-refractivity contribution in [3.63, 3.8) is 0 Å². The number of hydrogen-bond acceptors (Lipinski definition) is 2. The van der Waals surface area contributed by atoms with E-state index in [4.69, 9.17) is 9.97 Å². The molecular formula is C52H34N2. The van der Waals surface area contributed by atoms with Crippen molar-refractivity contribution in [2.24, 2.45) is 0 Å². The number of benzene rings is 9. The van der Waals surface area contributed by atoms with Gasteiger partial charge in [0.2, 0.25) is 0 Å². The Labute approximate surface area is 314 Å². The van der Waals surface area contributed by atoms with E-state index in [0.29, 0.717) is 5.82 Å². The fourth-order valence-corrected chi connectivity index (χ4v) is 7.93. The molecular weight excluding hydrogens is 653 g/mol. The quantitative estimate of drug-likeness (QED) is 0.163. The second-order valence-electron chi connectivity index (χ2n) is 13.7. The van der Waals surface area contributed by atoms with E-state index in [0.717, 1.165) is 28.1 Å². The van der Waals surface area contributed by atoms with Crippen LogP contribution < -0.4 is 0 Å². The van der Waals surface area contributed by atoms with Crippen molar-refractivity contribution in [1.29, 1.82) is 0 Å². The Morgan fingerprint density at radius 1 is 0.259 bits per heavy atom. The van der Waals surface area contributed by atoms with Crippen LogP contribution in [0.25, 0.3) is 99.6 Å². The fraction of sp³-hybridized carbons (Fsp3) is 0. The maximum absolute atomic E-state index is 5.21. The van der Waals surface area contributed by atoms with Gasteiger partial charge in [0.15, 0.2) is 5.82 Å². The van der Waals surface area contributed by atoms with Gasteiger partial charge < -0.3 is 0 Å². The van der Waals surface area contributed by atoms with Crippen LogP contribution in [0.2, 0.25) is 0 Å². The lowest BCUT2D eigenvalue weighted by Crippen LogP contribution is -1.96. The molecule has 1 heterocycles. The monoisotopic (exact) mass is 686 g/mol. The summed E-state index contributed by atoms with van der Waals surface area (Å²) < 4.78 is 0. The molecule has 0 aliphatic carbocycles. The van der Waals surface area contributed by atoms with Crippen LogP contribution in [0.4, 0.5) is 0 Å². The van der Waals surface area contributed by atoms with Crippen molar-refractivity contribution in [1.82, 2.24) is 9.97 Å². The smallest absolute Gasteiger partial charge is 0.160 e. The van der Waals surface area contributed by atoms with Gasteiger partial charge in [0.25, 0.3) is 0 Å². The fourth-order valence-electron chi connectivity index (χ4n) is 7.93. The average Bonchev–Trinajstić information content (AvgIpc) is 3.26. The third-order valence-electron chi connectivity index (χ3n) is 10.5. The van der Waals surface area contributed by atoms with Crippen LogP contribution in [0.5, 0.6) is 0 Å². The molecule has 1 aromatic heterocycles. The minimum absolute atomic E-state index is 0.708. The first-order valence-electron chi connectivity index (χ1n) is 18.4. The highest BCUT2D eigenvalue weighted by Gasteiger charge is 2.20. The number of fused-ring (bicyclic) bond motifs is 3. The molecule has 0 spiro atoms. The van der Waals surface area contributed by atoms with Crippen molar-refractivity contribution in [3.8, 4) is 67.3 Å². The van der Waals surface area contributed by atoms with Crippen molar-refractivity contribution in [2.45, 2.75) is 0 Å². The number of nitrogens with zero attached hydrogens (tertiary/aromatic N) is 2. The van der Waals surface area contributed by atoms with E-state index in [9.17, 15) is 0 Å². The van der Waals surface area contributed by atoms with Gasteiger partial charge in [-0.1, -0.05) is 188 Å². The molecule has 9 aromatic carbocycles. The minimum atomic E-state index is 0.708. The highest BCUT2D eigenvalue weighted by Crippen LogP contribution is 2.46. The van der Waals surface area contributed by atoms with Crippen LogP contribution in [0.1, 0.15) is 0 Å². The normalized spacial score (nSPS) is 11.3. The molecule has 0 unspecified atom stereocenters. The maximum atomic E-state index is 5.21. The third-order valence-corrected chi connectivity index (χ3v) is 10.5. The Hall–Kier alpha value is -7.16. The van der Waals surface area contributed by atoms with Crippen molar-refractivity contribution >= 4 is 32.3 Å². The van der Waals surface area contributed by atoms with E-state index in [1.54, 1.807) is 0 Å². The standard InChI is InChI=1S/C52H34N2/c1-5-17-36(18-6-1)48-34-49(54-52(53-48)39-23-11-4-12-24-39)41-29-31-45-47(33-41)51(38-21-9-3-10-22-38)44-30-28-40(32-46(44)50(45)37-19-7-2-8-20-37)43-27-15-25-35-16-13-14-26-42(35)43/h1-34H. The molecule has 0 radical (unpaired) electrons. The Kier molecular flexibility index (Phi) is 7.85. The van der Waals surface area contributed by atoms with E-state index in [1.165, 1.54) is 65.7 Å². The Balaban J connectivity index is 1.28. The van der Waals surface area contributed by atoms with E-state index < -0.39 is 0 Å². The molecule has 10 aromatic rings. The molecule has 0 fully saturated rings. The van der Waals surface area contributed by atoms with Gasteiger partial charge in [0, 0.05) is 16.7 Å². The van der Waals surface area contributed by atoms with Crippen LogP contribution in [0.15, 0.2) is 206 Å². The number of hydrogen-bond donors (Lipinski definition) is 0. The topological polar surface area (TPSA) is 25.8 Å². The third kappa shape index (κ3) is 5.62. The molecule has 0 saturated heterocycles. The largest absolute Gasteiger partial charge is 0.228 e. The van der Waals surface area contributed by atoms with E-state index in [2.05, 4.69) is 182 Å². The van der Waals surface area contributed by atoms with E-state index in [1.807, 2.05) is 24.3 Å². The number of aromatic nitrogens is 2. The first kappa shape index (κ1) is 31.6. The second-order valence-corrected chi connectivity index (χ2v) is 13.7. The summed E-state index contributed by atoms with van der Waals surface area (Å²) in [5.41, 5.74) is 12.1. The zero-order valence-electron chi connectivity index (χ0n) is 29.5. The van der Waals surface area contributed by atoms with Gasteiger partial charge in [-0.25, -0.2) is 9.97 Å². The first-order chi connectivity index (χ1) is 26.8. The summed E-state index contributed by atoms with van der Waals surface area (Å²) in [6.45, 7) is 0. The van der Waals surface area contributed by atoms with Crippen LogP contribution in [0.3, 0.4) is 0 Å². The molecule has 252 valence electrons. The molecule has 0 saturated carbocycles. The first-order valence-corrected chi connectivity index (χ1v) is 18.4. The van der Waals surface area contributed by atoms with Gasteiger partial charge >= 0.3 is 0 Å².